The summed E-state index contributed by atoms with van der Waals surface area (Å²) in [5.74, 6) is 1.19. The van der Waals surface area contributed by atoms with E-state index >= 15 is 0 Å². The van der Waals surface area contributed by atoms with Crippen LogP contribution in [0.3, 0.4) is 0 Å². The van der Waals surface area contributed by atoms with Crippen molar-refractivity contribution in [3.8, 4) is 0 Å². The molecule has 0 saturated heterocycles. The van der Waals surface area contributed by atoms with E-state index in [9.17, 15) is 0 Å². The fourth-order valence-electron chi connectivity index (χ4n) is 2.19. The van der Waals surface area contributed by atoms with Crippen LogP contribution in [0.4, 0.5) is 0 Å². The number of guanidine groups is 1. The zero-order chi connectivity index (χ0) is 15.2. The van der Waals surface area contributed by atoms with Crippen LogP contribution in [0.1, 0.15) is 11.4 Å². The van der Waals surface area contributed by atoms with E-state index in [1.54, 1.807) is 0 Å². The quantitative estimate of drug-likeness (QED) is 0.375. The van der Waals surface area contributed by atoms with Gasteiger partial charge in [-0.15, -0.1) is 34.2 Å². The van der Waals surface area contributed by atoms with Gasteiger partial charge in [-0.3, -0.25) is 4.40 Å². The molecule has 0 atom stereocenters. The highest BCUT2D eigenvalue weighted by Gasteiger charge is 2.03. The van der Waals surface area contributed by atoms with Crippen molar-refractivity contribution in [1.29, 1.82) is 0 Å². The van der Waals surface area contributed by atoms with Crippen LogP contribution in [0.5, 0.6) is 0 Å². The van der Waals surface area contributed by atoms with Gasteiger partial charge < -0.3 is 11.1 Å². The molecule has 3 N–H and O–H groups in total. The maximum absolute atomic E-state index is 5.88. The van der Waals surface area contributed by atoms with Gasteiger partial charge in [0.2, 0.25) is 0 Å². The van der Waals surface area contributed by atoms with Crippen molar-refractivity contribution in [1.82, 2.24) is 19.9 Å². The number of hydrogen-bond donors (Lipinski definition) is 2. The third-order valence-electron chi connectivity index (χ3n) is 3.34. The molecule has 0 fully saturated rings. The first-order chi connectivity index (χ1) is 10.8. The summed E-state index contributed by atoms with van der Waals surface area (Å²) in [6.45, 7) is 1.15. The lowest BCUT2D eigenvalue weighted by molar-refractivity contribution is 0.829. The number of hydrogen-bond acceptors (Lipinski definition) is 3. The zero-order valence-corrected chi connectivity index (χ0v) is 14.9. The van der Waals surface area contributed by atoms with Crippen molar-refractivity contribution in [2.45, 2.75) is 13.0 Å². The first-order valence-corrected chi connectivity index (χ1v) is 7.19. The van der Waals surface area contributed by atoms with Gasteiger partial charge >= 0.3 is 0 Å². The van der Waals surface area contributed by atoms with E-state index in [0.29, 0.717) is 12.5 Å². The molecule has 7 heteroatoms. The summed E-state index contributed by atoms with van der Waals surface area (Å²) in [5, 5.41) is 11.3. The van der Waals surface area contributed by atoms with Crippen LogP contribution in [0.15, 0.2) is 59.7 Å². The molecular formula is C16H19IN6. The average Bonchev–Trinajstić information content (AvgIpc) is 2.97. The number of halogens is 1. The number of rotatable bonds is 5. The van der Waals surface area contributed by atoms with Gasteiger partial charge in [0, 0.05) is 12.7 Å². The predicted octanol–water partition coefficient (Wildman–Crippen LogP) is 1.99. The average molecular weight is 422 g/mol. The Kier molecular flexibility index (Phi) is 6.33. The summed E-state index contributed by atoms with van der Waals surface area (Å²) in [7, 11) is 0. The van der Waals surface area contributed by atoms with Crippen LogP contribution >= 0.6 is 24.0 Å². The van der Waals surface area contributed by atoms with Gasteiger partial charge in [-0.05, 0) is 24.1 Å². The summed E-state index contributed by atoms with van der Waals surface area (Å²) >= 11 is 0. The number of nitrogens with zero attached hydrogens (tertiary/aromatic N) is 4. The minimum atomic E-state index is 0. The van der Waals surface area contributed by atoms with E-state index in [4.69, 9.17) is 5.73 Å². The number of fused-ring (bicyclic) bond motifs is 1. The molecule has 0 radical (unpaired) electrons. The number of aromatic nitrogens is 3. The molecule has 120 valence electrons. The lowest BCUT2D eigenvalue weighted by Crippen LogP contribution is -2.33. The molecule has 3 aromatic rings. The van der Waals surface area contributed by atoms with E-state index in [1.165, 1.54) is 5.56 Å². The molecule has 0 aliphatic carbocycles. The van der Waals surface area contributed by atoms with Gasteiger partial charge in [0.1, 0.15) is 6.54 Å². The van der Waals surface area contributed by atoms with E-state index in [2.05, 4.69) is 32.6 Å². The van der Waals surface area contributed by atoms with Gasteiger partial charge in [-0.1, -0.05) is 36.4 Å². The van der Waals surface area contributed by atoms with Crippen molar-refractivity contribution >= 4 is 35.6 Å². The van der Waals surface area contributed by atoms with E-state index < -0.39 is 0 Å². The van der Waals surface area contributed by atoms with Crippen molar-refractivity contribution in [2.75, 3.05) is 6.54 Å². The molecule has 2 heterocycles. The lowest BCUT2D eigenvalue weighted by atomic mass is 10.1. The van der Waals surface area contributed by atoms with Crippen LogP contribution in [-0.2, 0) is 13.0 Å². The maximum atomic E-state index is 5.88. The molecule has 2 aromatic heterocycles. The summed E-state index contributed by atoms with van der Waals surface area (Å²) in [6, 6.07) is 16.0. The molecule has 23 heavy (non-hydrogen) atoms. The first kappa shape index (κ1) is 17.2. The molecule has 6 nitrogen and oxygen atoms in total. The van der Waals surface area contributed by atoms with Gasteiger partial charge in [-0.2, -0.15) is 0 Å². The molecule has 1 aromatic carbocycles. The van der Waals surface area contributed by atoms with Crippen molar-refractivity contribution in [2.24, 2.45) is 10.7 Å². The Morgan fingerprint density at radius 2 is 1.87 bits per heavy atom. The zero-order valence-electron chi connectivity index (χ0n) is 12.6. The van der Waals surface area contributed by atoms with Crippen molar-refractivity contribution in [3.63, 3.8) is 0 Å². The minimum Gasteiger partial charge on any atom is -0.370 e. The van der Waals surface area contributed by atoms with Crippen LogP contribution in [0, 0.1) is 0 Å². The summed E-state index contributed by atoms with van der Waals surface area (Å²) in [4.78, 5) is 4.31. The topological polar surface area (TPSA) is 80.6 Å². The Hall–Kier alpha value is -2.16. The number of pyridine rings is 1. The molecule has 0 amide bonds. The normalized spacial score (nSPS) is 11.2. The lowest BCUT2D eigenvalue weighted by Gasteiger charge is -2.05. The van der Waals surface area contributed by atoms with Crippen LogP contribution in [0.25, 0.3) is 5.65 Å². The van der Waals surface area contributed by atoms with E-state index in [1.807, 2.05) is 47.0 Å². The highest BCUT2D eigenvalue weighted by Crippen LogP contribution is 2.03. The van der Waals surface area contributed by atoms with Crippen LogP contribution in [0.2, 0.25) is 0 Å². The van der Waals surface area contributed by atoms with Gasteiger partial charge in [0.05, 0.1) is 0 Å². The second kappa shape index (κ2) is 8.47. The Morgan fingerprint density at radius 1 is 1.09 bits per heavy atom. The number of nitrogens with one attached hydrogen (secondary N) is 1. The molecule has 0 aliphatic heterocycles. The number of benzene rings is 1. The van der Waals surface area contributed by atoms with E-state index in [-0.39, 0.29) is 24.0 Å². The van der Waals surface area contributed by atoms with Crippen LogP contribution in [-0.4, -0.2) is 27.1 Å². The first-order valence-electron chi connectivity index (χ1n) is 7.19. The van der Waals surface area contributed by atoms with Gasteiger partial charge in [0.15, 0.2) is 17.4 Å². The summed E-state index contributed by atoms with van der Waals surface area (Å²) < 4.78 is 1.90. The number of aliphatic imine (C=N–C) groups is 1. The standard InChI is InChI=1S/C16H18N6.HI/c17-16(18-10-9-13-6-2-1-3-7-13)19-12-15-21-20-14-8-4-5-11-22(14)15;/h1-8,11H,9-10,12H2,(H3,17,18,19);1H. The highest BCUT2D eigenvalue weighted by atomic mass is 127. The highest BCUT2D eigenvalue weighted by molar-refractivity contribution is 14.0. The molecule has 0 aliphatic rings. The second-order valence-electron chi connectivity index (χ2n) is 4.91. The summed E-state index contributed by atoms with van der Waals surface area (Å²) in [5.41, 5.74) is 7.96. The number of nitrogens with two attached hydrogens (primary N) is 1. The van der Waals surface area contributed by atoms with Gasteiger partial charge in [0.25, 0.3) is 0 Å². The molecule has 0 saturated carbocycles. The second-order valence-corrected chi connectivity index (χ2v) is 4.91. The predicted molar refractivity (Wildman–Crippen MR) is 102 cm³/mol. The maximum Gasteiger partial charge on any atom is 0.189 e. The fourth-order valence-corrected chi connectivity index (χ4v) is 2.19. The molecule has 0 unspecified atom stereocenters. The SMILES string of the molecule is I.NC(=NCc1nnc2ccccn12)NCCc1ccccc1. The molecule has 0 spiro atoms. The third kappa shape index (κ3) is 4.65. The van der Waals surface area contributed by atoms with Crippen molar-refractivity contribution < 1.29 is 0 Å². The largest absolute Gasteiger partial charge is 0.370 e. The monoisotopic (exact) mass is 422 g/mol. The van der Waals surface area contributed by atoms with E-state index in [0.717, 1.165) is 24.4 Å². The molecule has 0 bridgehead atoms. The van der Waals surface area contributed by atoms with Crippen molar-refractivity contribution in [3.05, 3.63) is 66.1 Å². The van der Waals surface area contributed by atoms with Gasteiger partial charge in [-0.25, -0.2) is 4.99 Å². The Balaban J connectivity index is 0.00000192. The third-order valence-corrected chi connectivity index (χ3v) is 3.34. The molecular weight excluding hydrogens is 403 g/mol. The Labute approximate surface area is 151 Å². The summed E-state index contributed by atoms with van der Waals surface area (Å²) in [6.07, 6.45) is 2.82. The Morgan fingerprint density at radius 3 is 2.70 bits per heavy atom. The minimum absolute atomic E-state index is 0. The fraction of sp³-hybridized carbons (Fsp3) is 0.188. The Bertz CT molecular complexity index is 768. The molecule has 3 rings (SSSR count). The smallest absolute Gasteiger partial charge is 0.189 e. The van der Waals surface area contributed by atoms with Crippen LogP contribution < -0.4 is 11.1 Å².